The second-order valence-electron chi connectivity index (χ2n) is 6.80. The smallest absolute Gasteiger partial charge is 0.240 e. The van der Waals surface area contributed by atoms with Crippen molar-refractivity contribution in [2.24, 2.45) is 17.1 Å². The molecular formula is C14H29N3O. The molecule has 0 radical (unpaired) electrons. The number of rotatable bonds is 3. The fourth-order valence-corrected chi connectivity index (χ4v) is 2.85. The van der Waals surface area contributed by atoms with Gasteiger partial charge in [-0.2, -0.15) is 0 Å². The summed E-state index contributed by atoms with van der Waals surface area (Å²) in [5.41, 5.74) is 6.14. The lowest BCUT2D eigenvalue weighted by Gasteiger charge is -2.44. The first kappa shape index (κ1) is 15.4. The highest BCUT2D eigenvalue weighted by molar-refractivity contribution is 5.82. The van der Waals surface area contributed by atoms with Crippen LogP contribution < -0.4 is 5.73 Å². The molecule has 18 heavy (non-hydrogen) atoms. The zero-order valence-corrected chi connectivity index (χ0v) is 12.7. The molecule has 4 nitrogen and oxygen atoms in total. The molecule has 1 amide bonds. The maximum atomic E-state index is 12.6. The van der Waals surface area contributed by atoms with Crippen molar-refractivity contribution >= 4 is 5.91 Å². The van der Waals surface area contributed by atoms with Crippen molar-refractivity contribution in [1.82, 2.24) is 9.80 Å². The number of nitrogens with two attached hydrogens (primary N) is 1. The van der Waals surface area contributed by atoms with Crippen LogP contribution in [0, 0.1) is 11.3 Å². The third-order valence-corrected chi connectivity index (χ3v) is 4.06. The van der Waals surface area contributed by atoms with Crippen LogP contribution in [0.3, 0.4) is 0 Å². The Balaban J connectivity index is 2.78. The molecule has 0 aromatic heterocycles. The Morgan fingerprint density at radius 2 is 1.94 bits per heavy atom. The minimum Gasteiger partial charge on any atom is -0.341 e. The molecule has 0 aliphatic carbocycles. The second-order valence-corrected chi connectivity index (χ2v) is 6.80. The van der Waals surface area contributed by atoms with Gasteiger partial charge < -0.3 is 10.6 Å². The number of nitrogens with zero attached hydrogens (tertiary/aromatic N) is 2. The molecule has 2 atom stereocenters. The van der Waals surface area contributed by atoms with Crippen LogP contribution in [0.4, 0.5) is 0 Å². The molecule has 0 bridgehead atoms. The lowest BCUT2D eigenvalue weighted by atomic mass is 9.79. The van der Waals surface area contributed by atoms with Crippen molar-refractivity contribution in [2.75, 3.05) is 27.2 Å². The number of likely N-dealkylation sites (N-methyl/N-ethyl adjacent to an activating group) is 1. The molecule has 0 aromatic carbocycles. The zero-order chi connectivity index (χ0) is 14.1. The van der Waals surface area contributed by atoms with Gasteiger partial charge in [-0.25, -0.2) is 0 Å². The average Bonchev–Trinajstić information content (AvgIpc) is 2.20. The van der Waals surface area contributed by atoms with E-state index in [0.29, 0.717) is 5.92 Å². The van der Waals surface area contributed by atoms with Crippen LogP contribution in [0.2, 0.25) is 0 Å². The molecule has 1 aliphatic heterocycles. The molecule has 106 valence electrons. The summed E-state index contributed by atoms with van der Waals surface area (Å²) in [4.78, 5) is 16.6. The summed E-state index contributed by atoms with van der Waals surface area (Å²) in [6, 6.07) is 0.161. The van der Waals surface area contributed by atoms with Crippen LogP contribution in [-0.2, 0) is 4.79 Å². The van der Waals surface area contributed by atoms with E-state index in [0.717, 1.165) is 19.5 Å². The number of hydrogen-bond donors (Lipinski definition) is 1. The second kappa shape index (κ2) is 5.57. The molecule has 0 spiro atoms. The number of carbonyl (C=O) groups excluding carboxylic acids is 1. The average molecular weight is 255 g/mol. The first-order valence-electron chi connectivity index (χ1n) is 6.87. The van der Waals surface area contributed by atoms with Gasteiger partial charge in [0, 0.05) is 19.1 Å². The third kappa shape index (κ3) is 3.23. The third-order valence-electron chi connectivity index (χ3n) is 4.06. The fraction of sp³-hybridized carbons (Fsp3) is 0.929. The van der Waals surface area contributed by atoms with Gasteiger partial charge in [0.1, 0.15) is 0 Å². The van der Waals surface area contributed by atoms with Crippen LogP contribution in [0.25, 0.3) is 0 Å². The molecular weight excluding hydrogens is 226 g/mol. The summed E-state index contributed by atoms with van der Waals surface area (Å²) in [6.07, 6.45) is 0.900. The summed E-state index contributed by atoms with van der Waals surface area (Å²) in [7, 11) is 3.95. The van der Waals surface area contributed by atoms with E-state index in [1.54, 1.807) is 0 Å². The number of carbonyl (C=O) groups is 1. The maximum absolute atomic E-state index is 12.6. The summed E-state index contributed by atoms with van der Waals surface area (Å²) in [5, 5.41) is 0. The van der Waals surface area contributed by atoms with E-state index in [9.17, 15) is 4.79 Å². The lowest BCUT2D eigenvalue weighted by Crippen LogP contribution is -2.58. The molecule has 1 heterocycles. The van der Waals surface area contributed by atoms with E-state index in [4.69, 9.17) is 5.73 Å². The number of hydrogen-bond acceptors (Lipinski definition) is 3. The lowest BCUT2D eigenvalue weighted by molar-refractivity contribution is -0.141. The summed E-state index contributed by atoms with van der Waals surface area (Å²) in [5.74, 6) is 0.571. The molecule has 1 saturated heterocycles. The van der Waals surface area contributed by atoms with Gasteiger partial charge in [0.25, 0.3) is 0 Å². The molecule has 0 aromatic rings. The largest absolute Gasteiger partial charge is 0.341 e. The monoisotopic (exact) mass is 255 g/mol. The van der Waals surface area contributed by atoms with Gasteiger partial charge in [-0.15, -0.1) is 0 Å². The molecule has 0 saturated carbocycles. The van der Waals surface area contributed by atoms with Gasteiger partial charge >= 0.3 is 0 Å². The Bertz CT molecular complexity index is 291. The Hall–Kier alpha value is -0.610. The van der Waals surface area contributed by atoms with E-state index < -0.39 is 0 Å². The molecule has 2 N–H and O–H groups in total. The normalized spacial score (nSPS) is 25.6. The summed E-state index contributed by atoms with van der Waals surface area (Å²) < 4.78 is 0. The zero-order valence-electron chi connectivity index (χ0n) is 12.7. The van der Waals surface area contributed by atoms with Crippen LogP contribution in [0.5, 0.6) is 0 Å². The minimum atomic E-state index is -0.0323. The minimum absolute atomic E-state index is 0.0156. The van der Waals surface area contributed by atoms with Crippen LogP contribution in [-0.4, -0.2) is 55.0 Å². The molecule has 1 rings (SSSR count). The van der Waals surface area contributed by atoms with Crippen molar-refractivity contribution in [2.45, 2.75) is 46.2 Å². The van der Waals surface area contributed by atoms with Gasteiger partial charge in [-0.1, -0.05) is 27.7 Å². The van der Waals surface area contributed by atoms with E-state index in [2.05, 4.69) is 27.7 Å². The quantitative estimate of drug-likeness (QED) is 0.823. The maximum Gasteiger partial charge on any atom is 0.240 e. The molecule has 4 heteroatoms. The molecule has 1 unspecified atom stereocenters. The summed E-state index contributed by atoms with van der Waals surface area (Å²) in [6.45, 7) is 10.1. The molecule has 1 fully saturated rings. The van der Waals surface area contributed by atoms with Crippen molar-refractivity contribution in [3.8, 4) is 0 Å². The van der Waals surface area contributed by atoms with E-state index in [1.807, 2.05) is 23.9 Å². The van der Waals surface area contributed by atoms with E-state index in [-0.39, 0.29) is 23.4 Å². The Kier molecular flexibility index (Phi) is 4.78. The van der Waals surface area contributed by atoms with Gasteiger partial charge in [0.05, 0.1) is 6.04 Å². The van der Waals surface area contributed by atoms with Crippen molar-refractivity contribution in [3.05, 3.63) is 0 Å². The fourth-order valence-electron chi connectivity index (χ4n) is 2.85. The highest BCUT2D eigenvalue weighted by Gasteiger charge is 2.38. The highest BCUT2D eigenvalue weighted by atomic mass is 16.2. The van der Waals surface area contributed by atoms with Crippen LogP contribution in [0.1, 0.15) is 34.1 Å². The van der Waals surface area contributed by atoms with Crippen molar-refractivity contribution in [1.29, 1.82) is 0 Å². The van der Waals surface area contributed by atoms with E-state index >= 15 is 0 Å². The number of likely N-dealkylation sites (tertiary alicyclic amines) is 1. The first-order valence-corrected chi connectivity index (χ1v) is 6.87. The Morgan fingerprint density at radius 3 is 2.33 bits per heavy atom. The highest BCUT2D eigenvalue weighted by Crippen LogP contribution is 2.28. The van der Waals surface area contributed by atoms with Gasteiger partial charge in [-0.05, 0) is 31.8 Å². The Morgan fingerprint density at radius 1 is 1.39 bits per heavy atom. The van der Waals surface area contributed by atoms with Crippen LogP contribution in [0.15, 0.2) is 0 Å². The van der Waals surface area contributed by atoms with Crippen molar-refractivity contribution in [3.63, 3.8) is 0 Å². The first-order chi connectivity index (χ1) is 8.16. The van der Waals surface area contributed by atoms with Gasteiger partial charge in [-0.3, -0.25) is 9.69 Å². The van der Waals surface area contributed by atoms with Crippen molar-refractivity contribution < 1.29 is 4.79 Å². The SMILES string of the molecule is CC(C)[C@@H](C(=O)N1CCC(N)C(C)(C)C1)N(C)C. The summed E-state index contributed by atoms with van der Waals surface area (Å²) >= 11 is 0. The Labute approximate surface area is 111 Å². The number of amides is 1. The predicted molar refractivity (Wildman–Crippen MR) is 75.3 cm³/mol. The molecule has 1 aliphatic rings. The standard InChI is InChI=1S/C14H29N3O/c1-10(2)12(16(5)6)13(18)17-8-7-11(15)14(3,4)9-17/h10-12H,7-9,15H2,1-6H3/t11?,12-/m0/s1. The topological polar surface area (TPSA) is 49.6 Å². The van der Waals surface area contributed by atoms with Crippen LogP contribution >= 0.6 is 0 Å². The van der Waals surface area contributed by atoms with E-state index in [1.165, 1.54) is 0 Å². The van der Waals surface area contributed by atoms with Gasteiger partial charge in [0.2, 0.25) is 5.91 Å². The predicted octanol–water partition coefficient (Wildman–Crippen LogP) is 1.16. The number of piperidine rings is 1. The van der Waals surface area contributed by atoms with Gasteiger partial charge in [0.15, 0.2) is 0 Å².